The fourth-order valence-corrected chi connectivity index (χ4v) is 4.12. The van der Waals surface area contributed by atoms with Gasteiger partial charge in [0.1, 0.15) is 11.5 Å². The molecule has 0 aliphatic rings. The minimum atomic E-state index is -3.44. The Morgan fingerprint density at radius 1 is 1.04 bits per heavy atom. The summed E-state index contributed by atoms with van der Waals surface area (Å²) in [6, 6.07) is 16.9. The molecule has 0 fully saturated rings. The molecule has 1 unspecified atom stereocenters. The second-order valence-electron chi connectivity index (χ2n) is 7.21. The van der Waals surface area contributed by atoms with Gasteiger partial charge in [0.25, 0.3) is 0 Å². The third-order valence-electron chi connectivity index (χ3n) is 4.22. The first-order valence-corrected chi connectivity index (χ1v) is 11.4. The van der Waals surface area contributed by atoms with Gasteiger partial charge in [-0.15, -0.1) is 0 Å². The number of ether oxygens (including phenoxy) is 1. The van der Waals surface area contributed by atoms with Crippen molar-refractivity contribution in [2.45, 2.75) is 45.8 Å². The number of amides is 1. The maximum absolute atomic E-state index is 12.2. The summed E-state index contributed by atoms with van der Waals surface area (Å²) in [7, 11) is -3.44. The first-order chi connectivity index (χ1) is 13.2. The number of benzene rings is 2. The third-order valence-corrected chi connectivity index (χ3v) is 5.83. The SMILES string of the molecule is CC(C)Oc1cccc(C(C)NC(=O)CS(=O)(=O)CCCc2ccccc2)c1. The molecule has 28 heavy (non-hydrogen) atoms. The van der Waals surface area contributed by atoms with Crippen LogP contribution in [0.1, 0.15) is 44.4 Å². The van der Waals surface area contributed by atoms with E-state index in [0.717, 1.165) is 16.9 Å². The molecule has 2 aromatic rings. The van der Waals surface area contributed by atoms with E-state index < -0.39 is 21.5 Å². The summed E-state index contributed by atoms with van der Waals surface area (Å²) in [5, 5.41) is 2.77. The Morgan fingerprint density at radius 2 is 1.75 bits per heavy atom. The Bertz CT molecular complexity index is 863. The molecular formula is C22H29NO4S. The zero-order chi connectivity index (χ0) is 20.6. The van der Waals surface area contributed by atoms with Crippen LogP contribution >= 0.6 is 0 Å². The zero-order valence-electron chi connectivity index (χ0n) is 16.7. The molecule has 0 aliphatic carbocycles. The smallest absolute Gasteiger partial charge is 0.235 e. The minimum Gasteiger partial charge on any atom is -0.491 e. The number of hydrogen-bond donors (Lipinski definition) is 1. The van der Waals surface area contributed by atoms with Crippen LogP contribution in [0.15, 0.2) is 54.6 Å². The lowest BCUT2D eigenvalue weighted by molar-refractivity contribution is -0.119. The van der Waals surface area contributed by atoms with E-state index >= 15 is 0 Å². The van der Waals surface area contributed by atoms with E-state index in [0.29, 0.717) is 12.8 Å². The van der Waals surface area contributed by atoms with Crippen molar-refractivity contribution in [2.75, 3.05) is 11.5 Å². The van der Waals surface area contributed by atoms with Gasteiger partial charge in [0.15, 0.2) is 9.84 Å². The van der Waals surface area contributed by atoms with Gasteiger partial charge in [-0.2, -0.15) is 0 Å². The largest absolute Gasteiger partial charge is 0.491 e. The molecule has 0 aromatic heterocycles. The zero-order valence-corrected chi connectivity index (χ0v) is 17.5. The molecule has 1 amide bonds. The molecule has 5 nitrogen and oxygen atoms in total. The maximum atomic E-state index is 12.2. The van der Waals surface area contributed by atoms with Crippen molar-refractivity contribution >= 4 is 15.7 Å². The van der Waals surface area contributed by atoms with Crippen LogP contribution in [-0.4, -0.2) is 31.9 Å². The van der Waals surface area contributed by atoms with Crippen LogP contribution in [0.3, 0.4) is 0 Å². The molecule has 0 spiro atoms. The number of carbonyl (C=O) groups excluding carboxylic acids is 1. The highest BCUT2D eigenvalue weighted by Crippen LogP contribution is 2.20. The normalized spacial score (nSPS) is 12.6. The number of aryl methyl sites for hydroxylation is 1. The molecule has 6 heteroatoms. The summed E-state index contributed by atoms with van der Waals surface area (Å²) in [5.74, 6) is -0.250. The van der Waals surface area contributed by atoms with Gasteiger partial charge in [-0.25, -0.2) is 8.42 Å². The van der Waals surface area contributed by atoms with E-state index in [1.165, 1.54) is 0 Å². The fourth-order valence-electron chi connectivity index (χ4n) is 2.91. The van der Waals surface area contributed by atoms with Gasteiger partial charge in [-0.3, -0.25) is 4.79 Å². The summed E-state index contributed by atoms with van der Waals surface area (Å²) in [6.07, 6.45) is 1.24. The highest BCUT2D eigenvalue weighted by Gasteiger charge is 2.18. The molecule has 2 aromatic carbocycles. The lowest BCUT2D eigenvalue weighted by Gasteiger charge is -2.16. The van der Waals surface area contributed by atoms with Crippen LogP contribution in [0.4, 0.5) is 0 Å². The van der Waals surface area contributed by atoms with Crippen LogP contribution in [0.5, 0.6) is 5.75 Å². The standard InChI is InChI=1S/C22H29NO4S/c1-17(2)27-21-13-7-12-20(15-21)18(3)23-22(24)16-28(25,26)14-8-11-19-9-5-4-6-10-19/h4-7,9-10,12-13,15,17-18H,8,11,14,16H2,1-3H3,(H,23,24). The van der Waals surface area contributed by atoms with E-state index in [4.69, 9.17) is 4.74 Å². The number of sulfone groups is 1. The van der Waals surface area contributed by atoms with E-state index in [1.54, 1.807) is 0 Å². The lowest BCUT2D eigenvalue weighted by Crippen LogP contribution is -2.33. The second-order valence-corrected chi connectivity index (χ2v) is 9.39. The molecule has 0 heterocycles. The summed E-state index contributed by atoms with van der Waals surface area (Å²) < 4.78 is 30.2. The molecule has 0 aliphatic heterocycles. The van der Waals surface area contributed by atoms with Crippen LogP contribution < -0.4 is 10.1 Å². The van der Waals surface area contributed by atoms with E-state index in [9.17, 15) is 13.2 Å². The molecule has 0 saturated carbocycles. The van der Waals surface area contributed by atoms with Crippen molar-refractivity contribution in [1.82, 2.24) is 5.32 Å². The molecule has 0 saturated heterocycles. The van der Waals surface area contributed by atoms with Crippen LogP contribution in [0, 0.1) is 0 Å². The first-order valence-electron chi connectivity index (χ1n) is 9.55. The van der Waals surface area contributed by atoms with E-state index in [1.807, 2.05) is 75.4 Å². The highest BCUT2D eigenvalue weighted by atomic mass is 32.2. The molecule has 152 valence electrons. The first kappa shape index (κ1) is 22.0. The van der Waals surface area contributed by atoms with Gasteiger partial charge in [-0.05, 0) is 56.9 Å². The van der Waals surface area contributed by atoms with E-state index in [-0.39, 0.29) is 17.9 Å². The van der Waals surface area contributed by atoms with Crippen molar-refractivity contribution < 1.29 is 17.9 Å². The number of carbonyl (C=O) groups is 1. The lowest BCUT2D eigenvalue weighted by atomic mass is 10.1. The van der Waals surface area contributed by atoms with Crippen LogP contribution in [-0.2, 0) is 21.1 Å². The summed E-state index contributed by atoms with van der Waals surface area (Å²) in [4.78, 5) is 12.2. The van der Waals surface area contributed by atoms with Crippen molar-refractivity contribution in [3.63, 3.8) is 0 Å². The van der Waals surface area contributed by atoms with Gasteiger partial charge < -0.3 is 10.1 Å². The molecular weight excluding hydrogens is 374 g/mol. The number of nitrogens with one attached hydrogen (secondary N) is 1. The Morgan fingerprint density at radius 3 is 2.43 bits per heavy atom. The Balaban J connectivity index is 1.84. The summed E-state index contributed by atoms with van der Waals surface area (Å²) in [6.45, 7) is 5.72. The van der Waals surface area contributed by atoms with Crippen molar-refractivity contribution in [3.8, 4) is 5.75 Å². The average molecular weight is 404 g/mol. The van der Waals surface area contributed by atoms with Crippen LogP contribution in [0.2, 0.25) is 0 Å². The molecule has 2 rings (SSSR count). The molecule has 0 radical (unpaired) electrons. The average Bonchev–Trinajstić information content (AvgIpc) is 2.61. The molecule has 0 bridgehead atoms. The predicted octanol–water partition coefficient (Wildman–Crippen LogP) is 3.70. The Labute approximate surface area is 168 Å². The second kappa shape index (κ2) is 10.3. The molecule has 1 N–H and O–H groups in total. The summed E-state index contributed by atoms with van der Waals surface area (Å²) in [5.41, 5.74) is 1.97. The number of rotatable bonds is 10. The minimum absolute atomic E-state index is 0.00140. The third kappa shape index (κ3) is 7.72. The monoisotopic (exact) mass is 403 g/mol. The van der Waals surface area contributed by atoms with Crippen molar-refractivity contribution in [2.24, 2.45) is 0 Å². The van der Waals surface area contributed by atoms with E-state index in [2.05, 4.69) is 5.32 Å². The van der Waals surface area contributed by atoms with Gasteiger partial charge >= 0.3 is 0 Å². The highest BCUT2D eigenvalue weighted by molar-refractivity contribution is 7.92. The van der Waals surface area contributed by atoms with Gasteiger partial charge in [-0.1, -0.05) is 42.5 Å². The van der Waals surface area contributed by atoms with Crippen molar-refractivity contribution in [3.05, 3.63) is 65.7 Å². The van der Waals surface area contributed by atoms with Gasteiger partial charge in [0, 0.05) is 0 Å². The van der Waals surface area contributed by atoms with Gasteiger partial charge in [0.2, 0.25) is 5.91 Å². The fraction of sp³-hybridized carbons (Fsp3) is 0.409. The maximum Gasteiger partial charge on any atom is 0.235 e. The van der Waals surface area contributed by atoms with Gasteiger partial charge in [0.05, 0.1) is 17.9 Å². The number of hydrogen-bond acceptors (Lipinski definition) is 4. The molecule has 1 atom stereocenters. The topological polar surface area (TPSA) is 72.5 Å². The van der Waals surface area contributed by atoms with Crippen LogP contribution in [0.25, 0.3) is 0 Å². The quantitative estimate of drug-likeness (QED) is 0.657. The predicted molar refractivity (Wildman–Crippen MR) is 112 cm³/mol. The Hall–Kier alpha value is -2.34. The Kier molecular flexibility index (Phi) is 8.05. The van der Waals surface area contributed by atoms with Crippen molar-refractivity contribution in [1.29, 1.82) is 0 Å². The summed E-state index contributed by atoms with van der Waals surface area (Å²) >= 11 is 0.